The van der Waals surface area contributed by atoms with Gasteiger partial charge in [-0.05, 0) is 47.7 Å². The van der Waals surface area contributed by atoms with Crippen LogP contribution in [0.15, 0.2) is 27.3 Å². The van der Waals surface area contributed by atoms with Crippen LogP contribution >= 0.6 is 15.9 Å². The Morgan fingerprint density at radius 2 is 2.20 bits per heavy atom. The van der Waals surface area contributed by atoms with Gasteiger partial charge in [0.2, 0.25) is 0 Å². The van der Waals surface area contributed by atoms with Crippen LogP contribution in [0.1, 0.15) is 35.9 Å². The number of hydrogen-bond donors (Lipinski definition) is 0. The third kappa shape index (κ3) is 3.67. The van der Waals surface area contributed by atoms with Gasteiger partial charge in [0.05, 0.1) is 0 Å². The van der Waals surface area contributed by atoms with E-state index in [4.69, 9.17) is 4.42 Å². The number of rotatable bonds is 1. The molecule has 0 N–H and O–H groups in total. The fourth-order valence-electron chi connectivity index (χ4n) is 1.47. The standard InChI is InChI=1S/C6H5BrO2.C6H10/c1-4-2-5(3-8)9-6(4)7;1-5-3-6(2)4-5/h2-3H,1H3;6H,1,3-4H2,2H3. The molecular formula is C12H15BrO2. The van der Waals surface area contributed by atoms with Crippen molar-refractivity contribution in [3.8, 4) is 0 Å². The Morgan fingerprint density at radius 1 is 1.60 bits per heavy atom. The maximum absolute atomic E-state index is 10.1. The van der Waals surface area contributed by atoms with Gasteiger partial charge < -0.3 is 4.42 Å². The lowest BCUT2D eigenvalue weighted by molar-refractivity contribution is 0.109. The molecule has 1 aliphatic carbocycles. The highest BCUT2D eigenvalue weighted by molar-refractivity contribution is 9.10. The summed E-state index contributed by atoms with van der Waals surface area (Å²) in [4.78, 5) is 10.1. The normalized spacial score (nSPS) is 15.3. The number of furan rings is 1. The topological polar surface area (TPSA) is 30.2 Å². The van der Waals surface area contributed by atoms with Crippen molar-refractivity contribution < 1.29 is 9.21 Å². The average Bonchev–Trinajstić information content (AvgIpc) is 2.46. The van der Waals surface area contributed by atoms with E-state index in [0.717, 1.165) is 11.5 Å². The molecule has 0 spiro atoms. The summed E-state index contributed by atoms with van der Waals surface area (Å²) in [6.45, 7) is 7.93. The van der Waals surface area contributed by atoms with Crippen molar-refractivity contribution in [1.29, 1.82) is 0 Å². The van der Waals surface area contributed by atoms with Crippen LogP contribution in [0.2, 0.25) is 0 Å². The minimum absolute atomic E-state index is 0.361. The molecule has 0 bridgehead atoms. The van der Waals surface area contributed by atoms with E-state index >= 15 is 0 Å². The Kier molecular flexibility index (Phi) is 4.33. The van der Waals surface area contributed by atoms with Gasteiger partial charge in [0.1, 0.15) is 0 Å². The zero-order valence-electron chi connectivity index (χ0n) is 9.05. The molecule has 1 saturated carbocycles. The molecule has 1 aromatic heterocycles. The quantitative estimate of drug-likeness (QED) is 0.567. The Morgan fingerprint density at radius 3 is 2.33 bits per heavy atom. The summed E-state index contributed by atoms with van der Waals surface area (Å²) in [7, 11) is 0. The van der Waals surface area contributed by atoms with E-state index in [1.807, 2.05) is 6.92 Å². The summed E-state index contributed by atoms with van der Waals surface area (Å²) in [6, 6.07) is 1.68. The second-order valence-corrected chi connectivity index (χ2v) is 4.71. The Balaban J connectivity index is 0.000000162. The second-order valence-electron chi connectivity index (χ2n) is 3.99. The number of halogens is 1. The van der Waals surface area contributed by atoms with Crippen LogP contribution in [0, 0.1) is 12.8 Å². The fourth-order valence-corrected chi connectivity index (χ4v) is 1.77. The average molecular weight is 271 g/mol. The summed E-state index contributed by atoms with van der Waals surface area (Å²) < 4.78 is 5.54. The first kappa shape index (κ1) is 12.2. The molecular weight excluding hydrogens is 256 g/mol. The maximum atomic E-state index is 10.1. The van der Waals surface area contributed by atoms with Crippen LogP contribution < -0.4 is 0 Å². The molecule has 82 valence electrons. The summed E-state index contributed by atoms with van der Waals surface area (Å²) in [5.41, 5.74) is 2.37. The van der Waals surface area contributed by atoms with Crippen molar-refractivity contribution in [2.24, 2.45) is 5.92 Å². The van der Waals surface area contributed by atoms with Gasteiger partial charge in [0.15, 0.2) is 16.7 Å². The number of aryl methyl sites for hydroxylation is 1. The summed E-state index contributed by atoms with van der Waals surface area (Å²) >= 11 is 3.13. The number of allylic oxidation sites excluding steroid dienone is 1. The molecule has 0 unspecified atom stereocenters. The van der Waals surface area contributed by atoms with Crippen molar-refractivity contribution in [2.75, 3.05) is 0 Å². The maximum Gasteiger partial charge on any atom is 0.185 e. The van der Waals surface area contributed by atoms with Gasteiger partial charge in [0.25, 0.3) is 0 Å². The lowest BCUT2D eigenvalue weighted by Crippen LogP contribution is -2.08. The van der Waals surface area contributed by atoms with Gasteiger partial charge in [0, 0.05) is 5.56 Å². The van der Waals surface area contributed by atoms with Crippen molar-refractivity contribution in [3.63, 3.8) is 0 Å². The number of hydrogen-bond acceptors (Lipinski definition) is 2. The molecule has 2 rings (SSSR count). The fraction of sp³-hybridized carbons (Fsp3) is 0.417. The second kappa shape index (κ2) is 5.31. The van der Waals surface area contributed by atoms with Gasteiger partial charge in [-0.2, -0.15) is 0 Å². The van der Waals surface area contributed by atoms with Crippen LogP contribution in [-0.2, 0) is 0 Å². The van der Waals surface area contributed by atoms with Crippen molar-refractivity contribution in [1.82, 2.24) is 0 Å². The third-order valence-corrected chi connectivity index (χ3v) is 3.05. The number of carbonyl (C=O) groups excluding carboxylic acids is 1. The van der Waals surface area contributed by atoms with E-state index in [1.54, 1.807) is 6.07 Å². The van der Waals surface area contributed by atoms with Crippen molar-refractivity contribution in [3.05, 3.63) is 34.2 Å². The molecule has 0 radical (unpaired) electrons. The van der Waals surface area contributed by atoms with E-state index in [-0.39, 0.29) is 0 Å². The van der Waals surface area contributed by atoms with Gasteiger partial charge in [-0.25, -0.2) is 0 Å². The molecule has 1 aromatic rings. The number of carbonyl (C=O) groups is 1. The molecule has 2 nitrogen and oxygen atoms in total. The van der Waals surface area contributed by atoms with Crippen LogP contribution in [0.4, 0.5) is 0 Å². The molecule has 0 aromatic carbocycles. The predicted octanol–water partition coefficient (Wildman–Crippen LogP) is 4.14. The predicted molar refractivity (Wildman–Crippen MR) is 64.1 cm³/mol. The Labute approximate surface area is 98.5 Å². The molecule has 1 heterocycles. The SMILES string of the molecule is C=C1CC(C)C1.Cc1cc(C=O)oc1Br. The first-order chi connectivity index (χ1) is 7.02. The van der Waals surface area contributed by atoms with Gasteiger partial charge >= 0.3 is 0 Å². The molecule has 3 heteroatoms. The minimum Gasteiger partial charge on any atom is -0.446 e. The lowest BCUT2D eigenvalue weighted by Gasteiger charge is -2.23. The molecule has 15 heavy (non-hydrogen) atoms. The van der Waals surface area contributed by atoms with E-state index in [2.05, 4.69) is 29.4 Å². The van der Waals surface area contributed by atoms with E-state index in [9.17, 15) is 4.79 Å². The first-order valence-electron chi connectivity index (χ1n) is 4.90. The highest BCUT2D eigenvalue weighted by Crippen LogP contribution is 2.29. The Bertz CT molecular complexity index is 338. The molecule has 1 fully saturated rings. The minimum atomic E-state index is 0.361. The first-order valence-corrected chi connectivity index (χ1v) is 5.70. The molecule has 1 aliphatic rings. The largest absolute Gasteiger partial charge is 0.446 e. The molecule has 0 aliphatic heterocycles. The zero-order valence-corrected chi connectivity index (χ0v) is 10.6. The molecule has 0 atom stereocenters. The van der Waals surface area contributed by atoms with Crippen molar-refractivity contribution in [2.45, 2.75) is 26.7 Å². The van der Waals surface area contributed by atoms with E-state index in [0.29, 0.717) is 16.7 Å². The molecule has 0 amide bonds. The van der Waals surface area contributed by atoms with Crippen LogP contribution in [0.3, 0.4) is 0 Å². The van der Waals surface area contributed by atoms with Crippen LogP contribution in [-0.4, -0.2) is 6.29 Å². The van der Waals surface area contributed by atoms with Crippen LogP contribution in [0.5, 0.6) is 0 Å². The van der Waals surface area contributed by atoms with Gasteiger partial charge in [-0.3, -0.25) is 4.79 Å². The highest BCUT2D eigenvalue weighted by Gasteiger charge is 2.14. The third-order valence-electron chi connectivity index (χ3n) is 2.27. The summed E-state index contributed by atoms with van der Waals surface area (Å²) in [5.74, 6) is 1.30. The zero-order chi connectivity index (χ0) is 11.4. The van der Waals surface area contributed by atoms with Crippen LogP contribution in [0.25, 0.3) is 0 Å². The van der Waals surface area contributed by atoms with Gasteiger partial charge in [-0.1, -0.05) is 19.1 Å². The van der Waals surface area contributed by atoms with Crippen molar-refractivity contribution >= 4 is 22.2 Å². The highest BCUT2D eigenvalue weighted by atomic mass is 79.9. The van der Waals surface area contributed by atoms with E-state index in [1.165, 1.54) is 18.4 Å². The van der Waals surface area contributed by atoms with E-state index < -0.39 is 0 Å². The summed E-state index contributed by atoms with van der Waals surface area (Å²) in [5, 5.41) is 0. The lowest BCUT2D eigenvalue weighted by atomic mass is 9.83. The smallest absolute Gasteiger partial charge is 0.185 e. The summed E-state index contributed by atoms with van der Waals surface area (Å²) in [6.07, 6.45) is 3.23. The molecule has 0 saturated heterocycles. The monoisotopic (exact) mass is 270 g/mol. The van der Waals surface area contributed by atoms with Gasteiger partial charge in [-0.15, -0.1) is 0 Å². The number of aldehydes is 1. The Hall–Kier alpha value is -0.830.